The maximum atomic E-state index is 2.60. The molecule has 0 saturated carbocycles. The van der Waals surface area contributed by atoms with Gasteiger partial charge in [-0.15, -0.1) is 0 Å². The van der Waals surface area contributed by atoms with Gasteiger partial charge < -0.3 is 0 Å². The van der Waals surface area contributed by atoms with E-state index in [0.29, 0.717) is 0 Å². The smallest absolute Gasteiger partial charge is 0.0149 e. The molecule has 156 valence electrons. The van der Waals surface area contributed by atoms with Crippen LogP contribution in [0.4, 0.5) is 0 Å². The van der Waals surface area contributed by atoms with E-state index in [4.69, 9.17) is 0 Å². The summed E-state index contributed by atoms with van der Waals surface area (Å²) in [6.45, 7) is 40.3. The minimum atomic E-state index is 0.0399. The molecule has 0 atom stereocenters. The summed E-state index contributed by atoms with van der Waals surface area (Å²) < 4.78 is 0. The number of hydrogen-bond acceptors (Lipinski definition) is 0. The molecule has 0 heteroatoms. The van der Waals surface area contributed by atoms with Crippen molar-refractivity contribution in [2.45, 2.75) is 111 Å². The highest BCUT2D eigenvalue weighted by Gasteiger charge is 2.72. The number of allylic oxidation sites excluding steroid dienone is 4. The third kappa shape index (κ3) is 1.92. The van der Waals surface area contributed by atoms with Crippen LogP contribution < -0.4 is 0 Å². The molecule has 0 N–H and O–H groups in total. The van der Waals surface area contributed by atoms with Crippen LogP contribution in [-0.2, 0) is 0 Å². The van der Waals surface area contributed by atoms with Gasteiger partial charge in [0.1, 0.15) is 0 Å². The maximum absolute atomic E-state index is 2.60. The molecule has 0 amide bonds. The van der Waals surface area contributed by atoms with Gasteiger partial charge in [-0.1, -0.05) is 105 Å². The lowest BCUT2D eigenvalue weighted by atomic mass is 9.29. The van der Waals surface area contributed by atoms with Crippen molar-refractivity contribution in [1.29, 1.82) is 0 Å². The minimum Gasteiger partial charge on any atom is -0.0673 e. The van der Waals surface area contributed by atoms with Crippen molar-refractivity contribution < 1.29 is 0 Å². The molecule has 3 aliphatic carbocycles. The van der Waals surface area contributed by atoms with Crippen LogP contribution in [-0.4, -0.2) is 0 Å². The normalized spacial score (nSPS) is 39.1. The Balaban J connectivity index is 3.37. The average molecular weight is 373 g/mol. The molecule has 0 aromatic heterocycles. The van der Waals surface area contributed by atoms with Crippen LogP contribution in [0.15, 0.2) is 22.3 Å². The van der Waals surface area contributed by atoms with E-state index < -0.39 is 0 Å². The molecule has 27 heavy (non-hydrogen) atoms. The molecule has 0 saturated heterocycles. The van der Waals surface area contributed by atoms with E-state index >= 15 is 0 Å². The van der Waals surface area contributed by atoms with E-state index in [1.807, 2.05) is 0 Å². The van der Waals surface area contributed by atoms with Gasteiger partial charge in [0.15, 0.2) is 0 Å². The van der Waals surface area contributed by atoms with Crippen molar-refractivity contribution in [1.82, 2.24) is 0 Å². The molecule has 0 fully saturated rings. The second-order valence-corrected chi connectivity index (χ2v) is 12.9. The van der Waals surface area contributed by atoms with Crippen molar-refractivity contribution in [2.24, 2.45) is 37.9 Å². The molecular weight excluding hydrogens is 324 g/mol. The lowest BCUT2D eigenvalue weighted by molar-refractivity contribution is -0.214. The first-order valence-electron chi connectivity index (χ1n) is 11.0. The lowest BCUT2D eigenvalue weighted by Crippen LogP contribution is -2.68. The molecule has 0 radical (unpaired) electrons. The average Bonchev–Trinajstić information content (AvgIpc) is 2.54. The fourth-order valence-corrected chi connectivity index (χ4v) is 8.03. The molecule has 0 nitrogen and oxygen atoms in total. The van der Waals surface area contributed by atoms with E-state index in [-0.39, 0.29) is 37.9 Å². The van der Waals surface area contributed by atoms with E-state index in [9.17, 15) is 0 Å². The second-order valence-electron chi connectivity index (χ2n) is 12.9. The third-order valence-electron chi connectivity index (χ3n) is 12.6. The van der Waals surface area contributed by atoms with Crippen LogP contribution in [0.1, 0.15) is 111 Å². The fourth-order valence-electron chi connectivity index (χ4n) is 8.03. The number of hydrogen-bond donors (Lipinski definition) is 0. The van der Waals surface area contributed by atoms with Gasteiger partial charge in [-0.3, -0.25) is 0 Å². The van der Waals surface area contributed by atoms with E-state index in [1.54, 1.807) is 22.3 Å². The third-order valence-corrected chi connectivity index (χ3v) is 12.6. The van der Waals surface area contributed by atoms with Crippen LogP contribution >= 0.6 is 0 Å². The highest BCUT2D eigenvalue weighted by atomic mass is 14.8. The first-order valence-corrected chi connectivity index (χ1v) is 11.0. The van der Waals surface area contributed by atoms with Gasteiger partial charge >= 0.3 is 0 Å². The second kappa shape index (κ2) is 5.34. The van der Waals surface area contributed by atoms with Crippen molar-refractivity contribution >= 4 is 0 Å². The van der Waals surface area contributed by atoms with E-state index in [0.717, 1.165) is 0 Å². The monoisotopic (exact) mass is 372 g/mol. The summed E-state index contributed by atoms with van der Waals surface area (Å²) in [4.78, 5) is 0. The summed E-state index contributed by atoms with van der Waals surface area (Å²) in [6, 6.07) is 0. The fraction of sp³-hybridized carbons (Fsp3) is 0.852. The van der Waals surface area contributed by atoms with Crippen LogP contribution in [0.5, 0.6) is 0 Å². The Kier molecular flexibility index (Phi) is 4.50. The predicted molar refractivity (Wildman–Crippen MR) is 122 cm³/mol. The van der Waals surface area contributed by atoms with Gasteiger partial charge in [-0.25, -0.2) is 0 Å². The Morgan fingerprint density at radius 3 is 0.963 bits per heavy atom. The lowest BCUT2D eigenvalue weighted by Gasteiger charge is -2.75. The highest BCUT2D eigenvalue weighted by molar-refractivity contribution is 5.46. The van der Waals surface area contributed by atoms with Gasteiger partial charge in [0.05, 0.1) is 0 Å². The number of rotatable bonds is 0. The quantitative estimate of drug-likeness (QED) is 0.372. The Hall–Kier alpha value is -0.520. The molecular formula is C27H48. The predicted octanol–water partition coefficient (Wildman–Crippen LogP) is 8.83. The Morgan fingerprint density at radius 2 is 0.667 bits per heavy atom. The molecule has 0 heterocycles. The summed E-state index contributed by atoms with van der Waals surface area (Å²) in [5.41, 5.74) is 7.11. The van der Waals surface area contributed by atoms with E-state index in [2.05, 4.69) is 111 Å². The van der Waals surface area contributed by atoms with Gasteiger partial charge in [-0.2, -0.15) is 0 Å². The highest BCUT2D eigenvalue weighted by Crippen LogP contribution is 2.79. The molecule has 0 aromatic rings. The standard InChI is InChI=1S/C27H48/c1-17-19(3)26(15)20(4)18(2)22(7,8)27(16,21(17,5)6)25(13,14)23(9,10)24(26,11)12/h1-16H3. The zero-order valence-corrected chi connectivity index (χ0v) is 21.5. The van der Waals surface area contributed by atoms with Gasteiger partial charge in [0, 0.05) is 5.41 Å². The largest absolute Gasteiger partial charge is 0.0673 e. The molecule has 0 unspecified atom stereocenters. The van der Waals surface area contributed by atoms with Gasteiger partial charge in [0.25, 0.3) is 0 Å². The summed E-state index contributed by atoms with van der Waals surface area (Å²) in [7, 11) is 0. The van der Waals surface area contributed by atoms with Crippen molar-refractivity contribution in [3.05, 3.63) is 22.3 Å². The number of fused-ring (bicyclic) bond motifs is 4. The Bertz CT molecular complexity index is 690. The van der Waals surface area contributed by atoms with Crippen molar-refractivity contribution in [3.63, 3.8) is 0 Å². The summed E-state index contributed by atoms with van der Waals surface area (Å²) in [5.74, 6) is 0. The molecule has 0 spiro atoms. The van der Waals surface area contributed by atoms with Crippen LogP contribution in [0.3, 0.4) is 0 Å². The van der Waals surface area contributed by atoms with Crippen LogP contribution in [0, 0.1) is 37.9 Å². The van der Waals surface area contributed by atoms with Crippen LogP contribution in [0.25, 0.3) is 0 Å². The summed E-state index contributed by atoms with van der Waals surface area (Å²) in [6.07, 6.45) is 0. The molecule has 3 aliphatic rings. The van der Waals surface area contributed by atoms with Crippen molar-refractivity contribution in [3.8, 4) is 0 Å². The minimum absolute atomic E-state index is 0.0399. The van der Waals surface area contributed by atoms with Gasteiger partial charge in [0.2, 0.25) is 0 Å². The summed E-state index contributed by atoms with van der Waals surface area (Å²) in [5, 5.41) is 0. The molecule has 3 rings (SSSR count). The first-order chi connectivity index (χ1) is 11.6. The summed E-state index contributed by atoms with van der Waals surface area (Å²) >= 11 is 0. The van der Waals surface area contributed by atoms with Gasteiger partial charge in [-0.05, 0) is 60.2 Å². The Morgan fingerprint density at radius 1 is 0.370 bits per heavy atom. The van der Waals surface area contributed by atoms with Crippen LogP contribution in [0.2, 0.25) is 0 Å². The Labute approximate surface area is 171 Å². The molecule has 0 aliphatic heterocycles. The van der Waals surface area contributed by atoms with E-state index in [1.165, 1.54) is 0 Å². The maximum Gasteiger partial charge on any atom is 0.0149 e. The SMILES string of the molecule is CC1=C(C)C2(C)C(C)=C(C)C(C)(C)C(C)(C1(C)C)C(C)(C)C(C)(C)C2(C)C. The zero-order chi connectivity index (χ0) is 21.8. The zero-order valence-electron chi connectivity index (χ0n) is 21.5. The van der Waals surface area contributed by atoms with Crippen molar-refractivity contribution in [2.75, 3.05) is 0 Å². The molecule has 0 aromatic carbocycles. The first kappa shape index (κ1) is 22.8. The topological polar surface area (TPSA) is 0 Å². The molecule has 2 bridgehead atoms.